The van der Waals surface area contributed by atoms with Crippen LogP contribution in [-0.4, -0.2) is 22.1 Å². The van der Waals surface area contributed by atoms with Crippen molar-refractivity contribution < 1.29 is 13.2 Å². The molecule has 1 aliphatic carbocycles. The molecule has 2 aliphatic heterocycles. The van der Waals surface area contributed by atoms with E-state index in [0.717, 1.165) is 46.7 Å². The molecule has 6 rings (SSSR count). The molecule has 3 atom stereocenters. The van der Waals surface area contributed by atoms with Crippen LogP contribution in [0.1, 0.15) is 35.1 Å². The number of fused-ring (bicyclic) bond motifs is 4. The van der Waals surface area contributed by atoms with Gasteiger partial charge in [0.15, 0.2) is 0 Å². The number of hydrogen-bond acceptors (Lipinski definition) is 4. The number of methoxy groups -OCH3 is 1. The highest BCUT2D eigenvalue weighted by Gasteiger charge is 2.40. The van der Waals surface area contributed by atoms with E-state index in [-0.39, 0.29) is 12.0 Å². The topological polar surface area (TPSA) is 58.6 Å². The Morgan fingerprint density at radius 2 is 1.82 bits per heavy atom. The zero-order chi connectivity index (χ0) is 22.6. The van der Waals surface area contributed by atoms with E-state index in [4.69, 9.17) is 4.74 Å². The minimum absolute atomic E-state index is 0.0987. The van der Waals surface area contributed by atoms with Crippen molar-refractivity contribution in [1.29, 1.82) is 0 Å². The van der Waals surface area contributed by atoms with Crippen molar-refractivity contribution in [2.24, 2.45) is 5.92 Å². The Morgan fingerprint density at radius 3 is 2.70 bits per heavy atom. The number of hydrogen-bond donors (Lipinski definition) is 1. The molecule has 0 radical (unpaired) electrons. The molecule has 0 amide bonds. The van der Waals surface area contributed by atoms with Gasteiger partial charge in [-0.05, 0) is 60.2 Å². The molecule has 3 unspecified atom stereocenters. The summed E-state index contributed by atoms with van der Waals surface area (Å²) in [7, 11) is -1.93. The van der Waals surface area contributed by atoms with Crippen molar-refractivity contribution in [2.45, 2.75) is 29.7 Å². The maximum absolute atomic E-state index is 13.6. The Hall–Kier alpha value is -3.25. The van der Waals surface area contributed by atoms with Gasteiger partial charge in [0, 0.05) is 23.7 Å². The summed E-state index contributed by atoms with van der Waals surface area (Å²) in [6.07, 6.45) is 6.13. The van der Waals surface area contributed by atoms with Crippen LogP contribution in [-0.2, 0) is 16.4 Å². The maximum atomic E-state index is 13.6. The quantitative estimate of drug-likeness (QED) is 0.541. The molecule has 6 heteroatoms. The highest BCUT2D eigenvalue weighted by molar-refractivity contribution is 7.92. The number of benzene rings is 3. The lowest BCUT2D eigenvalue weighted by molar-refractivity contribution is 0.381. The van der Waals surface area contributed by atoms with E-state index in [1.54, 1.807) is 17.5 Å². The first-order chi connectivity index (χ1) is 16.1. The predicted octanol–water partition coefficient (Wildman–Crippen LogP) is 5.27. The van der Waals surface area contributed by atoms with Crippen LogP contribution in [0.15, 0.2) is 83.8 Å². The summed E-state index contributed by atoms with van der Waals surface area (Å²) in [5.41, 5.74) is 5.05. The van der Waals surface area contributed by atoms with Gasteiger partial charge < -0.3 is 10.1 Å². The Bertz CT molecular complexity index is 1370. The maximum Gasteiger partial charge on any atom is 0.264 e. The molecule has 0 fully saturated rings. The summed E-state index contributed by atoms with van der Waals surface area (Å²) in [6.45, 7) is 0.485. The smallest absolute Gasteiger partial charge is 0.264 e. The van der Waals surface area contributed by atoms with Crippen LogP contribution in [0.2, 0.25) is 0 Å². The molecule has 0 saturated heterocycles. The first-order valence-electron chi connectivity index (χ1n) is 11.4. The SMILES string of the molecule is COc1ccccc1C1Nc2ccc(S(=O)(=O)N3CCc4ccccc43)cc2C2C=CCC21. The third kappa shape index (κ3) is 3.16. The number of nitrogens with zero attached hydrogens (tertiary/aromatic N) is 1. The molecule has 5 nitrogen and oxygen atoms in total. The minimum atomic E-state index is -3.63. The van der Waals surface area contributed by atoms with E-state index in [1.807, 2.05) is 54.6 Å². The van der Waals surface area contributed by atoms with Crippen LogP contribution in [0.4, 0.5) is 11.4 Å². The van der Waals surface area contributed by atoms with Crippen LogP contribution < -0.4 is 14.4 Å². The van der Waals surface area contributed by atoms with Gasteiger partial charge in [-0.2, -0.15) is 0 Å². The molecule has 0 aromatic heterocycles. The van der Waals surface area contributed by atoms with Gasteiger partial charge >= 0.3 is 0 Å². The molecule has 33 heavy (non-hydrogen) atoms. The lowest BCUT2D eigenvalue weighted by atomic mass is 9.77. The largest absolute Gasteiger partial charge is 0.496 e. The number of para-hydroxylation sites is 2. The third-order valence-corrected chi connectivity index (χ3v) is 9.05. The summed E-state index contributed by atoms with van der Waals surface area (Å²) < 4.78 is 34.4. The van der Waals surface area contributed by atoms with Crippen molar-refractivity contribution in [2.75, 3.05) is 23.3 Å². The van der Waals surface area contributed by atoms with Crippen molar-refractivity contribution in [3.05, 3.63) is 95.6 Å². The molecule has 2 heterocycles. The monoisotopic (exact) mass is 458 g/mol. The van der Waals surface area contributed by atoms with Crippen molar-refractivity contribution >= 4 is 21.4 Å². The lowest BCUT2D eigenvalue weighted by Crippen LogP contribution is -2.31. The summed E-state index contributed by atoms with van der Waals surface area (Å²) in [6, 6.07) is 21.5. The molecule has 3 aromatic rings. The van der Waals surface area contributed by atoms with Gasteiger partial charge in [-0.15, -0.1) is 0 Å². The molecule has 3 aromatic carbocycles. The summed E-state index contributed by atoms with van der Waals surface area (Å²) >= 11 is 0. The Kier molecular flexibility index (Phi) is 4.73. The first-order valence-corrected chi connectivity index (χ1v) is 12.8. The molecular formula is C27H26N2O3S. The van der Waals surface area contributed by atoms with Gasteiger partial charge in [-0.1, -0.05) is 48.6 Å². The molecule has 0 spiro atoms. The first kappa shape index (κ1) is 20.4. The van der Waals surface area contributed by atoms with E-state index in [1.165, 1.54) is 0 Å². The molecule has 3 aliphatic rings. The second-order valence-electron chi connectivity index (χ2n) is 8.92. The molecule has 168 valence electrons. The van der Waals surface area contributed by atoms with Crippen molar-refractivity contribution in [3.8, 4) is 5.75 Å². The fraction of sp³-hybridized carbons (Fsp3) is 0.259. The summed E-state index contributed by atoms with van der Waals surface area (Å²) in [4.78, 5) is 0.356. The van der Waals surface area contributed by atoms with Gasteiger partial charge in [0.25, 0.3) is 10.0 Å². The lowest BCUT2D eigenvalue weighted by Gasteiger charge is -2.38. The Labute approximate surface area is 194 Å². The zero-order valence-electron chi connectivity index (χ0n) is 18.4. The highest BCUT2D eigenvalue weighted by atomic mass is 32.2. The average molecular weight is 459 g/mol. The Balaban J connectivity index is 1.39. The van der Waals surface area contributed by atoms with Crippen LogP contribution in [0.3, 0.4) is 0 Å². The standard InChI is InChI=1S/C27H26N2O3S/c1-32-26-12-5-3-8-22(26)27-21-10-6-9-20(21)23-17-19(13-14-24(23)28-27)33(30,31)29-16-15-18-7-2-4-11-25(18)29/h2-9,11-14,17,20-21,27-28H,10,15-16H2,1H3. The van der Waals surface area contributed by atoms with Crippen LogP contribution in [0.5, 0.6) is 5.75 Å². The predicted molar refractivity (Wildman–Crippen MR) is 130 cm³/mol. The zero-order valence-corrected chi connectivity index (χ0v) is 19.3. The van der Waals surface area contributed by atoms with Crippen LogP contribution in [0.25, 0.3) is 0 Å². The average Bonchev–Trinajstić information content (AvgIpc) is 3.51. The molecular weight excluding hydrogens is 432 g/mol. The van der Waals surface area contributed by atoms with Gasteiger partial charge in [0.1, 0.15) is 5.75 Å². The van der Waals surface area contributed by atoms with Crippen LogP contribution in [0, 0.1) is 5.92 Å². The Morgan fingerprint density at radius 1 is 1.00 bits per heavy atom. The van der Waals surface area contributed by atoms with E-state index in [0.29, 0.717) is 17.4 Å². The van der Waals surface area contributed by atoms with Gasteiger partial charge in [0.2, 0.25) is 0 Å². The van der Waals surface area contributed by atoms with E-state index in [2.05, 4.69) is 23.5 Å². The van der Waals surface area contributed by atoms with Crippen molar-refractivity contribution in [1.82, 2.24) is 0 Å². The third-order valence-electron chi connectivity index (χ3n) is 7.24. The number of nitrogens with one attached hydrogen (secondary N) is 1. The summed E-state index contributed by atoms with van der Waals surface area (Å²) in [5.74, 6) is 1.34. The van der Waals surface area contributed by atoms with E-state index < -0.39 is 10.0 Å². The second kappa shape index (κ2) is 7.66. The number of anilines is 2. The fourth-order valence-electron chi connectivity index (χ4n) is 5.65. The minimum Gasteiger partial charge on any atom is -0.496 e. The number of ether oxygens (including phenoxy) is 1. The fourth-order valence-corrected chi connectivity index (χ4v) is 7.19. The van der Waals surface area contributed by atoms with Gasteiger partial charge in [-0.3, -0.25) is 4.31 Å². The van der Waals surface area contributed by atoms with E-state index in [9.17, 15) is 8.42 Å². The normalized spacial score (nSPS) is 22.9. The molecule has 0 saturated carbocycles. The molecule has 1 N–H and O–H groups in total. The summed E-state index contributed by atoms with van der Waals surface area (Å²) in [5, 5.41) is 3.69. The highest BCUT2D eigenvalue weighted by Crippen LogP contribution is 2.51. The van der Waals surface area contributed by atoms with E-state index >= 15 is 0 Å². The van der Waals surface area contributed by atoms with Gasteiger partial charge in [-0.25, -0.2) is 8.42 Å². The van der Waals surface area contributed by atoms with Crippen LogP contribution >= 0.6 is 0 Å². The van der Waals surface area contributed by atoms with Gasteiger partial charge in [0.05, 0.1) is 23.7 Å². The molecule has 0 bridgehead atoms. The van der Waals surface area contributed by atoms with Crippen molar-refractivity contribution in [3.63, 3.8) is 0 Å². The number of allylic oxidation sites excluding steroid dienone is 2. The number of rotatable bonds is 4. The number of sulfonamides is 1. The second-order valence-corrected chi connectivity index (χ2v) is 10.8.